The Morgan fingerprint density at radius 3 is 2.37 bits per heavy atom. The molecule has 1 aliphatic heterocycles. The van der Waals surface area contributed by atoms with Crippen molar-refractivity contribution >= 4 is 34.1 Å². The van der Waals surface area contributed by atoms with E-state index in [-0.39, 0.29) is 11.3 Å². The smallest absolute Gasteiger partial charge is 0.270 e. The highest BCUT2D eigenvalue weighted by molar-refractivity contribution is 6.22. The molecule has 0 bridgehead atoms. The minimum Gasteiger partial charge on any atom is -0.375 e. The number of anilines is 1. The highest BCUT2D eigenvalue weighted by atomic mass is 16.3. The Morgan fingerprint density at radius 2 is 1.63 bits per heavy atom. The molecule has 0 saturated carbocycles. The number of Topliss-reactive ketones (excluding diaryl/α,β-unsaturated/α-hetero) is 1. The molecule has 5 nitrogen and oxygen atoms in total. The fourth-order valence-electron chi connectivity index (χ4n) is 3.61. The van der Waals surface area contributed by atoms with Gasteiger partial charge in [0.15, 0.2) is 11.4 Å². The fraction of sp³-hybridized carbons (Fsp3) is 0.136. The molecule has 0 fully saturated rings. The molecule has 27 heavy (non-hydrogen) atoms. The highest BCUT2D eigenvalue weighted by Gasteiger charge is 2.52. The minimum absolute atomic E-state index is 0.277. The van der Waals surface area contributed by atoms with Crippen molar-refractivity contribution in [3.8, 4) is 0 Å². The lowest BCUT2D eigenvalue weighted by Crippen LogP contribution is -2.43. The second-order valence-corrected chi connectivity index (χ2v) is 6.70. The number of rotatable bonds is 3. The quantitative estimate of drug-likeness (QED) is 0.729. The number of hydrogen-bond donors (Lipinski definition) is 1. The molecular weight excluding hydrogens is 342 g/mol. The first-order chi connectivity index (χ1) is 12.9. The molecule has 4 rings (SSSR count). The van der Waals surface area contributed by atoms with Crippen LogP contribution < -0.4 is 4.90 Å². The van der Waals surface area contributed by atoms with Crippen LogP contribution in [0.4, 0.5) is 5.69 Å². The molecule has 1 heterocycles. The number of aliphatic hydroxyl groups is 1. The molecule has 0 aromatic heterocycles. The summed E-state index contributed by atoms with van der Waals surface area (Å²) in [6.45, 7) is 1.26. The van der Waals surface area contributed by atoms with E-state index in [4.69, 9.17) is 0 Å². The normalized spacial score (nSPS) is 18.6. The molecule has 3 aromatic rings. The monoisotopic (exact) mass is 359 g/mol. The van der Waals surface area contributed by atoms with Crippen LogP contribution in [0.25, 0.3) is 10.8 Å². The summed E-state index contributed by atoms with van der Waals surface area (Å²) in [5, 5.41) is 13.0. The lowest BCUT2D eigenvalue weighted by atomic mass is 9.88. The van der Waals surface area contributed by atoms with Crippen LogP contribution in [-0.2, 0) is 15.2 Å². The average Bonchev–Trinajstić information content (AvgIpc) is 2.89. The summed E-state index contributed by atoms with van der Waals surface area (Å²) < 4.78 is 0. The first-order valence-electron chi connectivity index (χ1n) is 8.61. The van der Waals surface area contributed by atoms with Crippen molar-refractivity contribution in [1.82, 2.24) is 0 Å². The lowest BCUT2D eigenvalue weighted by molar-refractivity contribution is -0.138. The van der Waals surface area contributed by atoms with Crippen molar-refractivity contribution in [3.05, 3.63) is 77.9 Å². The number of carbonyl (C=O) groups is 3. The van der Waals surface area contributed by atoms with Gasteiger partial charge in [0.25, 0.3) is 5.91 Å². The zero-order valence-electron chi connectivity index (χ0n) is 14.7. The van der Waals surface area contributed by atoms with Crippen LogP contribution in [0, 0.1) is 0 Å². The van der Waals surface area contributed by atoms with Gasteiger partial charge in [-0.2, -0.15) is 0 Å². The van der Waals surface area contributed by atoms with Gasteiger partial charge < -0.3 is 5.11 Å². The summed E-state index contributed by atoms with van der Waals surface area (Å²) in [4.78, 5) is 38.5. The number of imide groups is 1. The zero-order chi connectivity index (χ0) is 19.2. The summed E-state index contributed by atoms with van der Waals surface area (Å²) in [7, 11) is 0. The van der Waals surface area contributed by atoms with Gasteiger partial charge in [0, 0.05) is 18.1 Å². The standard InChI is InChI=1S/C22H17NO4/c1-14(24)23-19-9-5-4-8-18(19)22(27,21(23)26)13-20(25)17-11-10-15-6-2-3-7-16(15)12-17/h2-12,27H,13H2,1H3. The molecular formula is C22H17NO4. The second-order valence-electron chi connectivity index (χ2n) is 6.70. The van der Waals surface area contributed by atoms with E-state index in [0.29, 0.717) is 11.3 Å². The largest absolute Gasteiger partial charge is 0.375 e. The number of ketones is 1. The molecule has 3 aromatic carbocycles. The van der Waals surface area contributed by atoms with Gasteiger partial charge >= 0.3 is 0 Å². The summed E-state index contributed by atoms with van der Waals surface area (Å²) in [6, 6.07) is 19.4. The van der Waals surface area contributed by atoms with Gasteiger partial charge in [0.05, 0.1) is 12.1 Å². The number of para-hydroxylation sites is 1. The third kappa shape index (κ3) is 2.64. The van der Waals surface area contributed by atoms with Crippen molar-refractivity contribution in [1.29, 1.82) is 0 Å². The van der Waals surface area contributed by atoms with Gasteiger partial charge in [-0.15, -0.1) is 0 Å². The molecule has 0 saturated heterocycles. The van der Waals surface area contributed by atoms with Crippen LogP contribution in [0.1, 0.15) is 29.3 Å². The Bertz CT molecular complexity index is 1100. The van der Waals surface area contributed by atoms with E-state index in [1.54, 1.807) is 36.4 Å². The van der Waals surface area contributed by atoms with Crippen molar-refractivity contribution < 1.29 is 19.5 Å². The van der Waals surface area contributed by atoms with E-state index in [0.717, 1.165) is 15.7 Å². The van der Waals surface area contributed by atoms with E-state index in [2.05, 4.69) is 0 Å². The number of amides is 2. The topological polar surface area (TPSA) is 74.7 Å². The highest BCUT2D eigenvalue weighted by Crippen LogP contribution is 2.42. The van der Waals surface area contributed by atoms with Gasteiger partial charge in [-0.25, -0.2) is 4.90 Å². The second kappa shape index (κ2) is 6.14. The summed E-state index contributed by atoms with van der Waals surface area (Å²) in [6.07, 6.45) is -0.426. The van der Waals surface area contributed by atoms with E-state index < -0.39 is 23.8 Å². The summed E-state index contributed by atoms with van der Waals surface area (Å²) in [5.74, 6) is -1.65. The van der Waals surface area contributed by atoms with Crippen LogP contribution in [-0.4, -0.2) is 22.7 Å². The molecule has 1 unspecified atom stereocenters. The third-order valence-electron chi connectivity index (χ3n) is 4.95. The Labute approximate surface area is 155 Å². The van der Waals surface area contributed by atoms with Gasteiger partial charge in [-0.3, -0.25) is 14.4 Å². The fourth-order valence-corrected chi connectivity index (χ4v) is 3.61. The molecule has 5 heteroatoms. The maximum Gasteiger partial charge on any atom is 0.270 e. The first kappa shape index (κ1) is 17.1. The minimum atomic E-state index is -2.05. The maximum absolute atomic E-state index is 12.9. The Kier molecular flexibility index (Phi) is 3.89. The van der Waals surface area contributed by atoms with Crippen LogP contribution in [0.5, 0.6) is 0 Å². The van der Waals surface area contributed by atoms with Crippen molar-refractivity contribution in [2.45, 2.75) is 18.9 Å². The number of hydrogen-bond acceptors (Lipinski definition) is 4. The van der Waals surface area contributed by atoms with E-state index in [1.165, 1.54) is 6.92 Å². The van der Waals surface area contributed by atoms with Crippen molar-refractivity contribution in [3.63, 3.8) is 0 Å². The molecule has 1 aliphatic rings. The zero-order valence-corrected chi connectivity index (χ0v) is 14.7. The molecule has 2 amide bonds. The predicted molar refractivity (Wildman–Crippen MR) is 101 cm³/mol. The Morgan fingerprint density at radius 1 is 0.963 bits per heavy atom. The van der Waals surface area contributed by atoms with Gasteiger partial charge in [0.2, 0.25) is 5.91 Å². The molecule has 0 aliphatic carbocycles. The maximum atomic E-state index is 12.9. The molecule has 134 valence electrons. The number of nitrogens with zero attached hydrogens (tertiary/aromatic N) is 1. The van der Waals surface area contributed by atoms with Gasteiger partial charge in [-0.05, 0) is 22.9 Å². The molecule has 1 N–H and O–H groups in total. The van der Waals surface area contributed by atoms with Crippen molar-refractivity contribution in [2.24, 2.45) is 0 Å². The third-order valence-corrected chi connectivity index (χ3v) is 4.95. The molecule has 1 atom stereocenters. The van der Waals surface area contributed by atoms with E-state index in [1.807, 2.05) is 30.3 Å². The van der Waals surface area contributed by atoms with Gasteiger partial charge in [0.1, 0.15) is 0 Å². The molecule has 0 spiro atoms. The summed E-state index contributed by atoms with van der Waals surface area (Å²) >= 11 is 0. The number of benzene rings is 3. The summed E-state index contributed by atoms with van der Waals surface area (Å²) in [5.41, 5.74) is -1.04. The van der Waals surface area contributed by atoms with Crippen molar-refractivity contribution in [2.75, 3.05) is 4.90 Å². The Balaban J connectivity index is 1.73. The lowest BCUT2D eigenvalue weighted by Gasteiger charge is -2.21. The number of fused-ring (bicyclic) bond motifs is 2. The SMILES string of the molecule is CC(=O)N1C(=O)C(O)(CC(=O)c2ccc3ccccc3c2)c2ccccc21. The number of carbonyl (C=O) groups excluding carboxylic acids is 3. The molecule has 0 radical (unpaired) electrons. The first-order valence-corrected chi connectivity index (χ1v) is 8.61. The van der Waals surface area contributed by atoms with Crippen LogP contribution >= 0.6 is 0 Å². The average molecular weight is 359 g/mol. The Hall–Kier alpha value is -3.31. The van der Waals surface area contributed by atoms with Gasteiger partial charge in [-0.1, -0.05) is 54.6 Å². The van der Waals surface area contributed by atoms with Crippen LogP contribution in [0.2, 0.25) is 0 Å². The van der Waals surface area contributed by atoms with Crippen LogP contribution in [0.3, 0.4) is 0 Å². The van der Waals surface area contributed by atoms with E-state index in [9.17, 15) is 19.5 Å². The van der Waals surface area contributed by atoms with E-state index >= 15 is 0 Å². The predicted octanol–water partition coefficient (Wildman–Crippen LogP) is 3.19. The van der Waals surface area contributed by atoms with Crippen LogP contribution in [0.15, 0.2) is 66.7 Å².